The van der Waals surface area contributed by atoms with E-state index in [-0.39, 0.29) is 11.5 Å². The van der Waals surface area contributed by atoms with Gasteiger partial charge in [0.1, 0.15) is 5.01 Å². The van der Waals surface area contributed by atoms with E-state index in [1.165, 1.54) is 7.05 Å². The van der Waals surface area contributed by atoms with Gasteiger partial charge in [0.2, 0.25) is 5.91 Å². The molecule has 1 atom stereocenters. The van der Waals surface area contributed by atoms with Gasteiger partial charge < -0.3 is 5.32 Å². The molecule has 8 heteroatoms. The summed E-state index contributed by atoms with van der Waals surface area (Å²) in [5, 5.41) is 3.36. The van der Waals surface area contributed by atoms with E-state index in [0.717, 1.165) is 22.5 Å². The van der Waals surface area contributed by atoms with Crippen LogP contribution in [0, 0.1) is 0 Å². The summed E-state index contributed by atoms with van der Waals surface area (Å²) in [7, 11) is -2.23. The molecule has 154 valence electrons. The number of aryl methyl sites for hydroxylation is 1. The molecule has 1 amide bonds. The van der Waals surface area contributed by atoms with Crippen LogP contribution in [0.1, 0.15) is 31.9 Å². The molecule has 0 saturated heterocycles. The van der Waals surface area contributed by atoms with Crippen molar-refractivity contribution in [3.05, 3.63) is 65.3 Å². The smallest absolute Gasteiger partial charge is 0.251 e. The largest absolute Gasteiger partial charge is 0.325 e. The Kier molecular flexibility index (Phi) is 6.46. The van der Waals surface area contributed by atoms with E-state index in [0.29, 0.717) is 22.8 Å². The Labute approximate surface area is 176 Å². The molecule has 0 aliphatic heterocycles. The van der Waals surface area contributed by atoms with Crippen molar-refractivity contribution in [3.8, 4) is 11.1 Å². The molecule has 0 fully saturated rings. The first kappa shape index (κ1) is 21.2. The molecule has 0 aliphatic carbocycles. The maximum Gasteiger partial charge on any atom is 0.251 e. The lowest BCUT2D eigenvalue weighted by molar-refractivity contribution is -0.117. The Balaban J connectivity index is 0.00000320. The summed E-state index contributed by atoms with van der Waals surface area (Å²) >= 11 is 1.04. The van der Waals surface area contributed by atoms with Crippen LogP contribution in [0.5, 0.6) is 0 Å². The average molecular weight is 432 g/mol. The summed E-state index contributed by atoms with van der Waals surface area (Å²) in [5.41, 5.74) is 3.32. The van der Waals surface area contributed by atoms with Crippen LogP contribution >= 0.6 is 11.3 Å². The Morgan fingerprint density at radius 3 is 2.31 bits per heavy atom. The fraction of sp³-hybridized carbons (Fsp3) is 0.238. The Bertz CT molecular complexity index is 1100. The van der Waals surface area contributed by atoms with Crippen LogP contribution in [0.15, 0.2) is 58.8 Å². The van der Waals surface area contributed by atoms with Crippen LogP contribution in [0.25, 0.3) is 11.1 Å². The minimum Gasteiger partial charge on any atom is -0.325 e. The second-order valence-electron chi connectivity index (χ2n) is 6.50. The van der Waals surface area contributed by atoms with Gasteiger partial charge in [-0.3, -0.25) is 4.79 Å². The number of nitrogens with one attached hydrogen (secondary N) is 2. The summed E-state index contributed by atoms with van der Waals surface area (Å²) < 4.78 is 26.9. The van der Waals surface area contributed by atoms with Gasteiger partial charge in [0.25, 0.3) is 10.0 Å². The van der Waals surface area contributed by atoms with Gasteiger partial charge in [0.05, 0.1) is 11.6 Å². The number of amides is 1. The number of rotatable bonds is 7. The van der Waals surface area contributed by atoms with Crippen LogP contribution in [-0.2, 0) is 21.2 Å². The monoisotopic (exact) mass is 431 g/mol. The van der Waals surface area contributed by atoms with Crippen molar-refractivity contribution >= 4 is 33.0 Å². The molecule has 0 saturated carbocycles. The first-order chi connectivity index (χ1) is 13.9. The topological polar surface area (TPSA) is 88.2 Å². The average Bonchev–Trinajstić information content (AvgIpc) is 3.20. The zero-order chi connectivity index (χ0) is 21.0. The zero-order valence-corrected chi connectivity index (χ0v) is 18.1. The number of hydrogen-bond donors (Lipinski definition) is 2. The molecule has 0 spiro atoms. The number of carbonyl (C=O) groups is 1. The lowest BCUT2D eigenvalue weighted by Gasteiger charge is -2.10. The minimum atomic E-state index is -3.60. The SMILES string of the molecule is CCc1nc(C(C)C(=O)Nc2ccc(-c3ccccc3)cc2)sc1S(=O)(=O)NC.[HH]. The number of anilines is 1. The Hall–Kier alpha value is -2.55. The van der Waals surface area contributed by atoms with Gasteiger partial charge in [-0.15, -0.1) is 11.3 Å². The number of carbonyl (C=O) groups excluding carboxylic acids is 1. The molecule has 1 aromatic heterocycles. The fourth-order valence-electron chi connectivity index (χ4n) is 2.81. The highest BCUT2D eigenvalue weighted by Gasteiger charge is 2.26. The molecule has 3 aromatic rings. The van der Waals surface area contributed by atoms with Crippen LogP contribution in [0.4, 0.5) is 5.69 Å². The second-order valence-corrected chi connectivity index (χ2v) is 9.61. The number of hydrogen-bond acceptors (Lipinski definition) is 5. The Morgan fingerprint density at radius 2 is 1.72 bits per heavy atom. The van der Waals surface area contributed by atoms with Crippen molar-refractivity contribution in [3.63, 3.8) is 0 Å². The highest BCUT2D eigenvalue weighted by atomic mass is 32.2. The second kappa shape index (κ2) is 8.86. The van der Waals surface area contributed by atoms with Gasteiger partial charge in [0.15, 0.2) is 4.21 Å². The molecular formula is C21H25N3O3S2. The standard InChI is InChI=1S/C21H23N3O3S2.H2/c1-4-18-21(29(26,27)22-3)28-20(24-18)14(2)19(25)23-17-12-10-16(11-13-17)15-8-6-5-7-9-15;/h5-14,22H,4H2,1-3H3,(H,23,25);1H. The molecule has 29 heavy (non-hydrogen) atoms. The van der Waals surface area contributed by atoms with E-state index in [2.05, 4.69) is 15.0 Å². The van der Waals surface area contributed by atoms with Gasteiger partial charge in [0, 0.05) is 7.11 Å². The van der Waals surface area contributed by atoms with Gasteiger partial charge in [-0.1, -0.05) is 49.4 Å². The van der Waals surface area contributed by atoms with Crippen molar-refractivity contribution in [2.75, 3.05) is 12.4 Å². The third-order valence-electron chi connectivity index (χ3n) is 4.55. The van der Waals surface area contributed by atoms with Crippen molar-refractivity contribution < 1.29 is 14.6 Å². The first-order valence-electron chi connectivity index (χ1n) is 9.25. The molecule has 0 radical (unpaired) electrons. The van der Waals surface area contributed by atoms with E-state index in [1.807, 2.05) is 61.5 Å². The van der Waals surface area contributed by atoms with Crippen LogP contribution < -0.4 is 10.0 Å². The third kappa shape index (κ3) is 4.72. The van der Waals surface area contributed by atoms with Gasteiger partial charge in [-0.25, -0.2) is 18.1 Å². The predicted octanol–water partition coefficient (Wildman–Crippen LogP) is 4.27. The first-order valence-corrected chi connectivity index (χ1v) is 11.5. The van der Waals surface area contributed by atoms with E-state index in [9.17, 15) is 13.2 Å². The summed E-state index contributed by atoms with van der Waals surface area (Å²) in [6, 6.07) is 17.6. The van der Waals surface area contributed by atoms with E-state index >= 15 is 0 Å². The summed E-state index contributed by atoms with van der Waals surface area (Å²) in [5.74, 6) is -0.804. The molecule has 3 rings (SSSR count). The molecule has 2 aromatic carbocycles. The summed E-state index contributed by atoms with van der Waals surface area (Å²) in [4.78, 5) is 17.1. The molecule has 0 aliphatic rings. The summed E-state index contributed by atoms with van der Waals surface area (Å²) in [6.07, 6.45) is 0.474. The number of aromatic nitrogens is 1. The van der Waals surface area contributed by atoms with E-state index < -0.39 is 15.9 Å². The van der Waals surface area contributed by atoms with E-state index in [1.54, 1.807) is 6.92 Å². The fourth-order valence-corrected chi connectivity index (χ4v) is 5.37. The van der Waals surface area contributed by atoms with E-state index in [4.69, 9.17) is 0 Å². The molecule has 1 heterocycles. The van der Waals surface area contributed by atoms with Gasteiger partial charge in [-0.2, -0.15) is 0 Å². The van der Waals surface area contributed by atoms with Gasteiger partial charge in [-0.05, 0) is 43.7 Å². The van der Waals surface area contributed by atoms with Crippen molar-refractivity contribution in [2.24, 2.45) is 0 Å². The molecule has 1 unspecified atom stereocenters. The quantitative estimate of drug-likeness (QED) is 0.585. The zero-order valence-electron chi connectivity index (χ0n) is 16.5. The molecule has 2 N–H and O–H groups in total. The van der Waals surface area contributed by atoms with Crippen LogP contribution in [-0.4, -0.2) is 26.4 Å². The molecular weight excluding hydrogens is 406 g/mol. The normalized spacial score (nSPS) is 12.5. The number of nitrogens with zero attached hydrogens (tertiary/aromatic N) is 1. The minimum absolute atomic E-state index is 0. The lowest BCUT2D eigenvalue weighted by Crippen LogP contribution is -2.18. The highest BCUT2D eigenvalue weighted by Crippen LogP contribution is 2.30. The molecule has 0 bridgehead atoms. The highest BCUT2D eigenvalue weighted by molar-refractivity contribution is 7.91. The number of benzene rings is 2. The maximum absolute atomic E-state index is 12.7. The van der Waals surface area contributed by atoms with Crippen LogP contribution in [0.2, 0.25) is 0 Å². The van der Waals surface area contributed by atoms with Crippen molar-refractivity contribution in [1.29, 1.82) is 0 Å². The maximum atomic E-state index is 12.7. The number of sulfonamides is 1. The lowest BCUT2D eigenvalue weighted by atomic mass is 10.1. The molecule has 6 nitrogen and oxygen atoms in total. The summed E-state index contributed by atoms with van der Waals surface area (Å²) in [6.45, 7) is 3.56. The van der Waals surface area contributed by atoms with Gasteiger partial charge >= 0.3 is 0 Å². The third-order valence-corrected chi connectivity index (χ3v) is 7.79. The van der Waals surface area contributed by atoms with Crippen molar-refractivity contribution in [2.45, 2.75) is 30.4 Å². The number of thiazole rings is 1. The van der Waals surface area contributed by atoms with Crippen molar-refractivity contribution in [1.82, 2.24) is 9.71 Å². The predicted molar refractivity (Wildman–Crippen MR) is 119 cm³/mol. The van der Waals surface area contributed by atoms with Crippen LogP contribution in [0.3, 0.4) is 0 Å². The Morgan fingerprint density at radius 1 is 1.10 bits per heavy atom.